The first-order valence-electron chi connectivity index (χ1n) is 7.87. The van der Waals surface area contributed by atoms with Crippen molar-refractivity contribution in [3.63, 3.8) is 0 Å². The van der Waals surface area contributed by atoms with Gasteiger partial charge in [0, 0.05) is 7.05 Å². The lowest BCUT2D eigenvalue weighted by atomic mass is 10.0. The Labute approximate surface area is 136 Å². The van der Waals surface area contributed by atoms with Crippen molar-refractivity contribution in [3.05, 3.63) is 59.2 Å². The topological polar surface area (TPSA) is 69.6 Å². The Hall–Kier alpha value is -2.49. The SMILES string of the molecule is CNC(=O)Cc1ccc(CCCCc2ccc(O)c(O)c2)cc1. The second-order valence-electron chi connectivity index (χ2n) is 5.70. The fourth-order valence-corrected chi connectivity index (χ4v) is 2.48. The molecule has 2 rings (SSSR count). The van der Waals surface area contributed by atoms with Gasteiger partial charge < -0.3 is 15.5 Å². The van der Waals surface area contributed by atoms with Crippen LogP contribution in [0, 0.1) is 0 Å². The van der Waals surface area contributed by atoms with Crippen LogP contribution in [0.4, 0.5) is 0 Å². The summed E-state index contributed by atoms with van der Waals surface area (Å²) in [6.07, 6.45) is 4.36. The highest BCUT2D eigenvalue weighted by Crippen LogP contribution is 2.25. The molecule has 3 N–H and O–H groups in total. The van der Waals surface area contributed by atoms with Gasteiger partial charge in [0.05, 0.1) is 6.42 Å². The van der Waals surface area contributed by atoms with E-state index in [1.807, 2.05) is 18.2 Å². The minimum Gasteiger partial charge on any atom is -0.504 e. The maximum atomic E-state index is 11.3. The summed E-state index contributed by atoms with van der Waals surface area (Å²) in [5.41, 5.74) is 3.31. The molecule has 122 valence electrons. The van der Waals surface area contributed by atoms with Gasteiger partial charge in [-0.15, -0.1) is 0 Å². The largest absolute Gasteiger partial charge is 0.504 e. The molecule has 4 nitrogen and oxygen atoms in total. The number of aromatic hydroxyl groups is 2. The van der Waals surface area contributed by atoms with E-state index < -0.39 is 0 Å². The van der Waals surface area contributed by atoms with Crippen LogP contribution in [0.5, 0.6) is 11.5 Å². The molecule has 0 bridgehead atoms. The van der Waals surface area contributed by atoms with Crippen molar-refractivity contribution in [1.29, 1.82) is 0 Å². The van der Waals surface area contributed by atoms with Crippen LogP contribution in [-0.2, 0) is 24.1 Å². The van der Waals surface area contributed by atoms with Gasteiger partial charge in [0.2, 0.25) is 5.91 Å². The second kappa shape index (κ2) is 8.22. The van der Waals surface area contributed by atoms with E-state index in [0.29, 0.717) is 6.42 Å². The predicted molar refractivity (Wildman–Crippen MR) is 90.6 cm³/mol. The summed E-state index contributed by atoms with van der Waals surface area (Å²) in [6.45, 7) is 0. The van der Waals surface area contributed by atoms with Gasteiger partial charge in [-0.25, -0.2) is 0 Å². The fraction of sp³-hybridized carbons (Fsp3) is 0.316. The highest BCUT2D eigenvalue weighted by atomic mass is 16.3. The number of aryl methyl sites for hydroxylation is 2. The van der Waals surface area contributed by atoms with Gasteiger partial charge >= 0.3 is 0 Å². The van der Waals surface area contributed by atoms with Crippen molar-refractivity contribution >= 4 is 5.91 Å². The molecule has 0 aliphatic rings. The minimum absolute atomic E-state index is 0.0231. The number of phenolic OH excluding ortho intramolecular Hbond substituents is 2. The van der Waals surface area contributed by atoms with Crippen LogP contribution >= 0.6 is 0 Å². The minimum atomic E-state index is -0.0782. The Kier molecular flexibility index (Phi) is 6.03. The number of hydrogen-bond acceptors (Lipinski definition) is 3. The molecule has 0 saturated heterocycles. The molecule has 2 aromatic rings. The summed E-state index contributed by atoms with van der Waals surface area (Å²) < 4.78 is 0. The molecular formula is C19H23NO3. The summed E-state index contributed by atoms with van der Waals surface area (Å²) in [4.78, 5) is 11.3. The first-order valence-corrected chi connectivity index (χ1v) is 7.87. The lowest BCUT2D eigenvalue weighted by molar-refractivity contribution is -0.119. The average Bonchev–Trinajstić information content (AvgIpc) is 2.56. The molecule has 0 atom stereocenters. The van der Waals surface area contributed by atoms with E-state index in [9.17, 15) is 15.0 Å². The van der Waals surface area contributed by atoms with Gasteiger partial charge in [-0.3, -0.25) is 4.79 Å². The summed E-state index contributed by atoms with van der Waals surface area (Å²) >= 11 is 0. The Morgan fingerprint density at radius 2 is 1.43 bits per heavy atom. The van der Waals surface area contributed by atoms with Crippen molar-refractivity contribution < 1.29 is 15.0 Å². The van der Waals surface area contributed by atoms with E-state index in [1.165, 1.54) is 11.6 Å². The van der Waals surface area contributed by atoms with Crippen molar-refractivity contribution in [2.45, 2.75) is 32.1 Å². The summed E-state index contributed by atoms with van der Waals surface area (Å²) in [5.74, 6) is -0.116. The van der Waals surface area contributed by atoms with Crippen LogP contribution in [0.15, 0.2) is 42.5 Å². The Morgan fingerprint density at radius 3 is 2.04 bits per heavy atom. The Bertz CT molecular complexity index is 650. The molecule has 0 aromatic heterocycles. The first-order chi connectivity index (χ1) is 11.1. The number of benzene rings is 2. The van der Waals surface area contributed by atoms with Crippen molar-refractivity contribution in [2.75, 3.05) is 7.05 Å². The van der Waals surface area contributed by atoms with Gasteiger partial charge in [-0.1, -0.05) is 30.3 Å². The number of unbranched alkanes of at least 4 members (excludes halogenated alkanes) is 1. The van der Waals surface area contributed by atoms with Gasteiger partial charge in [0.1, 0.15) is 0 Å². The molecule has 23 heavy (non-hydrogen) atoms. The molecule has 0 spiro atoms. The van der Waals surface area contributed by atoms with Crippen LogP contribution in [0.3, 0.4) is 0 Å². The molecule has 4 heteroatoms. The molecule has 0 unspecified atom stereocenters. The Morgan fingerprint density at radius 1 is 0.870 bits per heavy atom. The highest BCUT2D eigenvalue weighted by Gasteiger charge is 2.02. The van der Waals surface area contributed by atoms with Gasteiger partial charge in [0.25, 0.3) is 0 Å². The maximum Gasteiger partial charge on any atom is 0.224 e. The van der Waals surface area contributed by atoms with Crippen molar-refractivity contribution in [3.8, 4) is 11.5 Å². The zero-order valence-corrected chi connectivity index (χ0v) is 13.4. The van der Waals surface area contributed by atoms with E-state index in [-0.39, 0.29) is 17.4 Å². The number of nitrogens with one attached hydrogen (secondary N) is 1. The lowest BCUT2D eigenvalue weighted by Gasteiger charge is -2.05. The van der Waals surface area contributed by atoms with Crippen LogP contribution in [0.2, 0.25) is 0 Å². The number of likely N-dealkylation sites (N-methyl/N-ethyl adjacent to an activating group) is 1. The normalized spacial score (nSPS) is 10.5. The molecular weight excluding hydrogens is 290 g/mol. The highest BCUT2D eigenvalue weighted by molar-refractivity contribution is 5.78. The standard InChI is InChI=1S/C19H23NO3/c1-20-19(23)13-16-8-6-14(7-9-16)4-2-3-5-15-10-11-17(21)18(22)12-15/h6-12,21-22H,2-5,13H2,1H3,(H,20,23). The zero-order valence-electron chi connectivity index (χ0n) is 13.4. The third-order valence-electron chi connectivity index (χ3n) is 3.89. The number of amides is 1. The van der Waals surface area contributed by atoms with Crippen LogP contribution in [-0.4, -0.2) is 23.2 Å². The fourth-order valence-electron chi connectivity index (χ4n) is 2.48. The molecule has 1 amide bonds. The maximum absolute atomic E-state index is 11.3. The van der Waals surface area contributed by atoms with E-state index in [2.05, 4.69) is 17.4 Å². The van der Waals surface area contributed by atoms with Gasteiger partial charge in [-0.2, -0.15) is 0 Å². The monoisotopic (exact) mass is 313 g/mol. The molecule has 0 saturated carbocycles. The molecule has 0 radical (unpaired) electrons. The lowest BCUT2D eigenvalue weighted by Crippen LogP contribution is -2.19. The molecule has 0 heterocycles. The quantitative estimate of drug-likeness (QED) is 0.544. The molecule has 0 fully saturated rings. The van der Waals surface area contributed by atoms with Crippen LogP contribution in [0.1, 0.15) is 29.5 Å². The summed E-state index contributed by atoms with van der Waals surface area (Å²) in [5, 5.41) is 21.4. The van der Waals surface area contributed by atoms with Gasteiger partial charge in [-0.05, 0) is 54.5 Å². The molecule has 2 aromatic carbocycles. The number of rotatable bonds is 7. The second-order valence-corrected chi connectivity index (χ2v) is 5.70. The number of carbonyl (C=O) groups is 1. The predicted octanol–water partition coefficient (Wildman–Crippen LogP) is 2.95. The van der Waals surface area contributed by atoms with Gasteiger partial charge in [0.15, 0.2) is 11.5 Å². The summed E-state index contributed by atoms with van der Waals surface area (Å²) in [6, 6.07) is 13.1. The number of carbonyl (C=O) groups excluding carboxylic acids is 1. The third-order valence-corrected chi connectivity index (χ3v) is 3.89. The Balaban J connectivity index is 1.75. The molecule has 0 aliphatic carbocycles. The van der Waals surface area contributed by atoms with E-state index in [1.54, 1.807) is 13.1 Å². The number of hydrogen-bond donors (Lipinski definition) is 3. The zero-order chi connectivity index (χ0) is 16.7. The van der Waals surface area contributed by atoms with E-state index >= 15 is 0 Å². The smallest absolute Gasteiger partial charge is 0.224 e. The summed E-state index contributed by atoms with van der Waals surface area (Å²) in [7, 11) is 1.64. The van der Waals surface area contributed by atoms with Crippen molar-refractivity contribution in [2.24, 2.45) is 0 Å². The molecule has 0 aliphatic heterocycles. The first kappa shape index (κ1) is 16.9. The van der Waals surface area contributed by atoms with Crippen molar-refractivity contribution in [1.82, 2.24) is 5.32 Å². The van der Waals surface area contributed by atoms with E-state index in [4.69, 9.17) is 0 Å². The third kappa shape index (κ3) is 5.33. The average molecular weight is 313 g/mol. The van der Waals surface area contributed by atoms with Crippen LogP contribution < -0.4 is 5.32 Å². The van der Waals surface area contributed by atoms with E-state index in [0.717, 1.165) is 36.8 Å². The van der Waals surface area contributed by atoms with Crippen LogP contribution in [0.25, 0.3) is 0 Å². The number of phenols is 2.